The highest BCUT2D eigenvalue weighted by molar-refractivity contribution is 5.85. The summed E-state index contributed by atoms with van der Waals surface area (Å²) in [7, 11) is 0. The molecule has 2 N–H and O–H groups in total. The van der Waals surface area contributed by atoms with Gasteiger partial charge < -0.3 is 15.2 Å². The number of fused-ring (bicyclic) bond motifs is 3. The fourth-order valence-electron chi connectivity index (χ4n) is 4.09. The van der Waals surface area contributed by atoms with Crippen LogP contribution in [0.1, 0.15) is 23.5 Å². The van der Waals surface area contributed by atoms with Crippen LogP contribution in [-0.4, -0.2) is 54.4 Å². The monoisotopic (exact) mass is 402 g/mol. The first kappa shape index (κ1) is 20.2. The third-order valence-corrected chi connectivity index (χ3v) is 5.30. The summed E-state index contributed by atoms with van der Waals surface area (Å²) in [5, 5.41) is 11.7. The van der Waals surface area contributed by atoms with Gasteiger partial charge in [0.05, 0.1) is 6.54 Å². The third-order valence-electron chi connectivity index (χ3n) is 5.30. The summed E-state index contributed by atoms with van der Waals surface area (Å²) in [6, 6.07) is 16.4. The van der Waals surface area contributed by atoms with Crippen molar-refractivity contribution in [2.45, 2.75) is 18.4 Å². The van der Waals surface area contributed by atoms with Crippen LogP contribution in [0.25, 0.3) is 11.1 Å². The van der Waals surface area contributed by atoms with E-state index in [1.165, 1.54) is 22.3 Å². The van der Waals surface area contributed by atoms with Gasteiger partial charge in [-0.15, -0.1) is 12.4 Å². The Labute approximate surface area is 169 Å². The number of carboxylic acids is 1. The molecule has 6 nitrogen and oxygen atoms in total. The van der Waals surface area contributed by atoms with Crippen molar-refractivity contribution in [2.24, 2.45) is 0 Å². The number of carbonyl (C=O) groups excluding carboxylic acids is 1. The third kappa shape index (κ3) is 4.13. The second kappa shape index (κ2) is 8.63. The van der Waals surface area contributed by atoms with Crippen molar-refractivity contribution in [3.8, 4) is 11.1 Å². The van der Waals surface area contributed by atoms with Gasteiger partial charge in [0.25, 0.3) is 0 Å². The summed E-state index contributed by atoms with van der Waals surface area (Å²) in [6.45, 7) is 1.49. The molecule has 1 aliphatic heterocycles. The van der Waals surface area contributed by atoms with E-state index >= 15 is 0 Å². The molecule has 1 saturated heterocycles. The van der Waals surface area contributed by atoms with E-state index in [0.29, 0.717) is 13.1 Å². The number of hydrogen-bond acceptors (Lipinski definition) is 4. The van der Waals surface area contributed by atoms with Crippen LogP contribution in [0.5, 0.6) is 0 Å². The number of nitrogens with one attached hydrogen (secondary N) is 1. The quantitative estimate of drug-likeness (QED) is 0.803. The minimum atomic E-state index is -0.850. The van der Waals surface area contributed by atoms with Crippen LogP contribution in [0, 0.1) is 0 Å². The molecule has 4 rings (SSSR count). The van der Waals surface area contributed by atoms with Crippen LogP contribution >= 0.6 is 12.4 Å². The van der Waals surface area contributed by atoms with Crippen LogP contribution in [0.3, 0.4) is 0 Å². The van der Waals surface area contributed by atoms with Gasteiger partial charge in [0.15, 0.2) is 0 Å². The molecule has 2 aromatic rings. The smallest absolute Gasteiger partial charge is 0.407 e. The molecule has 1 amide bonds. The Hall–Kier alpha value is -2.57. The van der Waals surface area contributed by atoms with Gasteiger partial charge in [-0.05, 0) is 28.7 Å². The predicted octanol–water partition coefficient (Wildman–Crippen LogP) is 3.11. The molecule has 148 valence electrons. The van der Waals surface area contributed by atoms with E-state index in [1.807, 2.05) is 29.2 Å². The average Bonchev–Trinajstić information content (AvgIpc) is 3.21. The summed E-state index contributed by atoms with van der Waals surface area (Å²) in [6.07, 6.45) is 0.288. The number of nitrogens with zero attached hydrogens (tertiary/aromatic N) is 1. The zero-order valence-electron chi connectivity index (χ0n) is 15.3. The summed E-state index contributed by atoms with van der Waals surface area (Å²) in [4.78, 5) is 24.8. The number of carbonyl (C=O) groups is 2. The minimum absolute atomic E-state index is 0. The van der Waals surface area contributed by atoms with Gasteiger partial charge in [-0.1, -0.05) is 48.5 Å². The normalized spacial score (nSPS) is 18.1. The van der Waals surface area contributed by atoms with E-state index < -0.39 is 12.1 Å². The number of ether oxygens (including phenoxy) is 1. The SMILES string of the molecule is Cl.O=C(O)CN1CCC(NC(=O)OCC2c3ccccc3-c3ccccc32)C1. The van der Waals surface area contributed by atoms with Crippen LogP contribution < -0.4 is 5.32 Å². The van der Waals surface area contributed by atoms with E-state index in [0.717, 1.165) is 6.42 Å². The Morgan fingerprint density at radius 1 is 1.07 bits per heavy atom. The van der Waals surface area contributed by atoms with E-state index in [4.69, 9.17) is 9.84 Å². The molecule has 1 aliphatic carbocycles. The van der Waals surface area contributed by atoms with E-state index in [-0.39, 0.29) is 37.5 Å². The first-order chi connectivity index (χ1) is 13.1. The van der Waals surface area contributed by atoms with E-state index in [9.17, 15) is 9.59 Å². The molecule has 2 aromatic carbocycles. The number of likely N-dealkylation sites (tertiary alicyclic amines) is 1. The number of hydrogen-bond donors (Lipinski definition) is 2. The number of halogens is 1. The van der Waals surface area contributed by atoms with Crippen LogP contribution in [-0.2, 0) is 9.53 Å². The fraction of sp³-hybridized carbons (Fsp3) is 0.333. The molecule has 1 fully saturated rings. The first-order valence-corrected chi connectivity index (χ1v) is 9.17. The number of amides is 1. The highest BCUT2D eigenvalue weighted by Crippen LogP contribution is 2.44. The largest absolute Gasteiger partial charge is 0.480 e. The molecule has 0 saturated carbocycles. The Bertz CT molecular complexity index is 827. The van der Waals surface area contributed by atoms with Gasteiger partial charge in [0.1, 0.15) is 6.61 Å². The van der Waals surface area contributed by atoms with Crippen molar-refractivity contribution in [3.05, 3.63) is 59.7 Å². The predicted molar refractivity (Wildman–Crippen MR) is 108 cm³/mol. The Morgan fingerprint density at radius 3 is 2.29 bits per heavy atom. The lowest BCUT2D eigenvalue weighted by atomic mass is 9.98. The minimum Gasteiger partial charge on any atom is -0.480 e. The molecule has 1 unspecified atom stereocenters. The summed E-state index contributed by atoms with van der Waals surface area (Å²) < 4.78 is 5.53. The van der Waals surface area contributed by atoms with E-state index in [1.54, 1.807) is 0 Å². The number of rotatable bonds is 5. The van der Waals surface area contributed by atoms with Crippen molar-refractivity contribution in [1.29, 1.82) is 0 Å². The van der Waals surface area contributed by atoms with Crippen molar-refractivity contribution in [1.82, 2.24) is 10.2 Å². The Balaban J connectivity index is 0.00000225. The van der Waals surface area contributed by atoms with Gasteiger partial charge in [0, 0.05) is 25.0 Å². The maximum atomic E-state index is 12.2. The fourth-order valence-corrected chi connectivity index (χ4v) is 4.09. The lowest BCUT2D eigenvalue weighted by Crippen LogP contribution is -2.38. The molecule has 0 radical (unpaired) electrons. The molecule has 28 heavy (non-hydrogen) atoms. The van der Waals surface area contributed by atoms with Crippen molar-refractivity contribution >= 4 is 24.5 Å². The molecular formula is C21H23ClN2O4. The number of aliphatic carboxylic acids is 1. The number of benzene rings is 2. The van der Waals surface area contributed by atoms with Crippen LogP contribution in [0.15, 0.2) is 48.5 Å². The highest BCUT2D eigenvalue weighted by Gasteiger charge is 2.30. The standard InChI is InChI=1S/C21H22N2O4.ClH/c24-20(25)12-23-10-9-14(11-23)22-21(26)27-13-19-17-7-3-1-5-15(17)16-6-2-4-8-18(16)19;/h1-8,14,19H,9-13H2,(H,22,26)(H,24,25);1H. The Kier molecular flexibility index (Phi) is 6.21. The highest BCUT2D eigenvalue weighted by atomic mass is 35.5. The maximum Gasteiger partial charge on any atom is 0.407 e. The molecule has 7 heteroatoms. The zero-order chi connectivity index (χ0) is 18.8. The molecule has 0 aromatic heterocycles. The molecule has 0 bridgehead atoms. The first-order valence-electron chi connectivity index (χ1n) is 9.17. The Morgan fingerprint density at radius 2 is 1.68 bits per heavy atom. The van der Waals surface area contributed by atoms with Crippen LogP contribution in [0.4, 0.5) is 4.79 Å². The lowest BCUT2D eigenvalue weighted by Gasteiger charge is -2.17. The second-order valence-corrected chi connectivity index (χ2v) is 7.08. The second-order valence-electron chi connectivity index (χ2n) is 7.08. The van der Waals surface area contributed by atoms with Gasteiger partial charge >= 0.3 is 12.1 Å². The topological polar surface area (TPSA) is 78.9 Å². The van der Waals surface area contributed by atoms with Crippen molar-refractivity contribution < 1.29 is 19.4 Å². The number of alkyl carbamates (subject to hydrolysis) is 1. The van der Waals surface area contributed by atoms with Crippen molar-refractivity contribution in [2.75, 3.05) is 26.2 Å². The molecule has 0 spiro atoms. The zero-order valence-corrected chi connectivity index (χ0v) is 16.2. The van der Waals surface area contributed by atoms with E-state index in [2.05, 4.69) is 29.6 Å². The summed E-state index contributed by atoms with van der Waals surface area (Å²) in [5.74, 6) is -0.813. The lowest BCUT2D eigenvalue weighted by molar-refractivity contribution is -0.138. The van der Waals surface area contributed by atoms with Gasteiger partial charge in [-0.2, -0.15) is 0 Å². The molecular weight excluding hydrogens is 380 g/mol. The number of carboxylic acid groups (broad SMARTS) is 1. The van der Waals surface area contributed by atoms with Gasteiger partial charge in [0.2, 0.25) is 0 Å². The summed E-state index contributed by atoms with van der Waals surface area (Å²) >= 11 is 0. The maximum absolute atomic E-state index is 12.2. The van der Waals surface area contributed by atoms with Crippen LogP contribution in [0.2, 0.25) is 0 Å². The van der Waals surface area contributed by atoms with Crippen molar-refractivity contribution in [3.63, 3.8) is 0 Å². The average molecular weight is 403 g/mol. The summed E-state index contributed by atoms with van der Waals surface area (Å²) in [5.41, 5.74) is 4.75. The van der Waals surface area contributed by atoms with Gasteiger partial charge in [-0.3, -0.25) is 9.69 Å². The van der Waals surface area contributed by atoms with Gasteiger partial charge in [-0.25, -0.2) is 4.79 Å². The molecule has 2 aliphatic rings. The molecule has 1 atom stereocenters. The molecule has 1 heterocycles.